The molecule has 1 aromatic rings. The number of likely N-dealkylation sites (tertiary alicyclic amines) is 1. The molecule has 1 aliphatic rings. The van der Waals surface area contributed by atoms with Crippen LogP contribution >= 0.6 is 0 Å². The second-order valence-electron chi connectivity index (χ2n) is 4.94. The zero-order valence-electron chi connectivity index (χ0n) is 11.3. The van der Waals surface area contributed by atoms with Crippen LogP contribution in [0, 0.1) is 6.92 Å². The van der Waals surface area contributed by atoms with Crippen molar-refractivity contribution in [3.05, 3.63) is 35.4 Å². The Kier molecular flexibility index (Phi) is 4.24. The van der Waals surface area contributed by atoms with Gasteiger partial charge in [0.15, 0.2) is 0 Å². The van der Waals surface area contributed by atoms with E-state index in [1.54, 1.807) is 0 Å². The minimum Gasteiger partial charge on any atom is -0.338 e. The standard InChI is InChI=1S/C15H22N2O/c1-3-10-16-15(18)17-11-6-9-14(17)13-8-5-4-7-12(13)2/h4-5,7-8,14H,3,6,9-11H2,1-2H3,(H,16,18)/t14-/m0/s1. The topological polar surface area (TPSA) is 32.3 Å². The molecule has 1 atom stereocenters. The van der Waals surface area contributed by atoms with Gasteiger partial charge in [0.25, 0.3) is 0 Å². The van der Waals surface area contributed by atoms with Crippen LogP contribution in [0.1, 0.15) is 43.4 Å². The average molecular weight is 246 g/mol. The van der Waals surface area contributed by atoms with Gasteiger partial charge in [0.2, 0.25) is 0 Å². The van der Waals surface area contributed by atoms with E-state index >= 15 is 0 Å². The number of carbonyl (C=O) groups is 1. The molecular formula is C15H22N2O. The molecule has 0 radical (unpaired) electrons. The number of benzene rings is 1. The summed E-state index contributed by atoms with van der Waals surface area (Å²) in [6, 6.07) is 8.71. The molecule has 18 heavy (non-hydrogen) atoms. The predicted octanol–water partition coefficient (Wildman–Crippen LogP) is 3.25. The molecule has 1 saturated heterocycles. The Labute approximate surface area is 109 Å². The van der Waals surface area contributed by atoms with Gasteiger partial charge in [-0.15, -0.1) is 0 Å². The zero-order chi connectivity index (χ0) is 13.0. The third-order valence-corrected chi connectivity index (χ3v) is 3.59. The van der Waals surface area contributed by atoms with E-state index in [2.05, 4.69) is 43.4 Å². The molecule has 0 spiro atoms. The molecular weight excluding hydrogens is 224 g/mol. The van der Waals surface area contributed by atoms with E-state index in [-0.39, 0.29) is 12.1 Å². The molecule has 2 amide bonds. The molecule has 0 unspecified atom stereocenters. The number of nitrogens with one attached hydrogen (secondary N) is 1. The second kappa shape index (κ2) is 5.89. The first kappa shape index (κ1) is 12.9. The summed E-state index contributed by atoms with van der Waals surface area (Å²) in [6.45, 7) is 5.82. The van der Waals surface area contributed by atoms with Gasteiger partial charge in [-0.25, -0.2) is 4.79 Å². The molecule has 2 rings (SSSR count). The molecule has 98 valence electrons. The van der Waals surface area contributed by atoms with Crippen molar-refractivity contribution in [3.63, 3.8) is 0 Å². The highest BCUT2D eigenvalue weighted by atomic mass is 16.2. The summed E-state index contributed by atoms with van der Waals surface area (Å²) < 4.78 is 0. The van der Waals surface area contributed by atoms with Crippen LogP contribution in [-0.2, 0) is 0 Å². The summed E-state index contributed by atoms with van der Waals surface area (Å²) in [5.41, 5.74) is 2.57. The summed E-state index contributed by atoms with van der Waals surface area (Å²) in [4.78, 5) is 14.1. The van der Waals surface area contributed by atoms with Gasteiger partial charge in [-0.05, 0) is 37.3 Å². The number of rotatable bonds is 3. The van der Waals surface area contributed by atoms with Crippen LogP contribution in [0.3, 0.4) is 0 Å². The molecule has 1 aliphatic heterocycles. The number of aryl methyl sites for hydroxylation is 1. The number of amides is 2. The van der Waals surface area contributed by atoms with Gasteiger partial charge < -0.3 is 10.2 Å². The minimum absolute atomic E-state index is 0.0857. The first-order chi connectivity index (χ1) is 8.74. The van der Waals surface area contributed by atoms with Crippen molar-refractivity contribution in [3.8, 4) is 0 Å². The molecule has 0 bridgehead atoms. The monoisotopic (exact) mass is 246 g/mol. The lowest BCUT2D eigenvalue weighted by Crippen LogP contribution is -2.39. The Bertz CT molecular complexity index is 417. The number of hydrogen-bond donors (Lipinski definition) is 1. The van der Waals surface area contributed by atoms with Crippen LogP contribution in [0.5, 0.6) is 0 Å². The molecule has 0 aliphatic carbocycles. The van der Waals surface area contributed by atoms with Crippen LogP contribution in [0.4, 0.5) is 4.79 Å². The van der Waals surface area contributed by atoms with Crippen molar-refractivity contribution in [2.45, 2.75) is 39.2 Å². The van der Waals surface area contributed by atoms with E-state index in [4.69, 9.17) is 0 Å². The summed E-state index contributed by atoms with van der Waals surface area (Å²) in [5.74, 6) is 0. The minimum atomic E-state index is 0.0857. The maximum atomic E-state index is 12.1. The number of carbonyl (C=O) groups excluding carboxylic acids is 1. The van der Waals surface area contributed by atoms with Crippen molar-refractivity contribution in [1.29, 1.82) is 0 Å². The third-order valence-electron chi connectivity index (χ3n) is 3.59. The van der Waals surface area contributed by atoms with Crippen LogP contribution in [-0.4, -0.2) is 24.0 Å². The third kappa shape index (κ3) is 2.66. The Balaban J connectivity index is 2.12. The fraction of sp³-hybridized carbons (Fsp3) is 0.533. The van der Waals surface area contributed by atoms with E-state index < -0.39 is 0 Å². The van der Waals surface area contributed by atoms with E-state index in [0.717, 1.165) is 32.4 Å². The highest BCUT2D eigenvalue weighted by Gasteiger charge is 2.30. The second-order valence-corrected chi connectivity index (χ2v) is 4.94. The van der Waals surface area contributed by atoms with E-state index in [9.17, 15) is 4.79 Å². The molecule has 0 aromatic heterocycles. The van der Waals surface area contributed by atoms with Gasteiger partial charge >= 0.3 is 6.03 Å². The fourth-order valence-electron chi connectivity index (χ4n) is 2.63. The summed E-state index contributed by atoms with van der Waals surface area (Å²) >= 11 is 0. The maximum Gasteiger partial charge on any atom is 0.317 e. The number of nitrogens with zero attached hydrogens (tertiary/aromatic N) is 1. The molecule has 1 heterocycles. The van der Waals surface area contributed by atoms with Gasteiger partial charge in [0.05, 0.1) is 6.04 Å². The highest BCUT2D eigenvalue weighted by Crippen LogP contribution is 2.33. The quantitative estimate of drug-likeness (QED) is 0.872. The molecule has 1 aromatic carbocycles. The highest BCUT2D eigenvalue weighted by molar-refractivity contribution is 5.75. The zero-order valence-corrected chi connectivity index (χ0v) is 11.3. The normalized spacial score (nSPS) is 19.0. The van der Waals surface area contributed by atoms with Crippen LogP contribution in [0.2, 0.25) is 0 Å². The Hall–Kier alpha value is -1.51. The lowest BCUT2D eigenvalue weighted by Gasteiger charge is -2.26. The van der Waals surface area contributed by atoms with Crippen LogP contribution < -0.4 is 5.32 Å². The molecule has 1 fully saturated rings. The SMILES string of the molecule is CCCNC(=O)N1CCC[C@H]1c1ccccc1C. The Morgan fingerprint density at radius 1 is 1.44 bits per heavy atom. The summed E-state index contributed by atoms with van der Waals surface area (Å²) in [6.07, 6.45) is 3.15. The van der Waals surface area contributed by atoms with Gasteiger partial charge in [-0.3, -0.25) is 0 Å². The fourth-order valence-corrected chi connectivity index (χ4v) is 2.63. The first-order valence-corrected chi connectivity index (χ1v) is 6.84. The van der Waals surface area contributed by atoms with Gasteiger partial charge in [-0.1, -0.05) is 31.2 Å². The Morgan fingerprint density at radius 3 is 2.94 bits per heavy atom. The van der Waals surface area contributed by atoms with Crippen molar-refractivity contribution in [2.75, 3.05) is 13.1 Å². The van der Waals surface area contributed by atoms with E-state index in [1.807, 2.05) is 4.90 Å². The Morgan fingerprint density at radius 2 is 2.22 bits per heavy atom. The molecule has 3 heteroatoms. The largest absolute Gasteiger partial charge is 0.338 e. The van der Waals surface area contributed by atoms with Gasteiger partial charge in [0.1, 0.15) is 0 Å². The lowest BCUT2D eigenvalue weighted by atomic mass is 9.99. The predicted molar refractivity (Wildman–Crippen MR) is 73.5 cm³/mol. The van der Waals surface area contributed by atoms with Gasteiger partial charge in [-0.2, -0.15) is 0 Å². The van der Waals surface area contributed by atoms with Gasteiger partial charge in [0, 0.05) is 13.1 Å². The van der Waals surface area contributed by atoms with E-state index in [0.29, 0.717) is 0 Å². The number of urea groups is 1. The maximum absolute atomic E-state index is 12.1. The first-order valence-electron chi connectivity index (χ1n) is 6.84. The molecule has 0 saturated carbocycles. The smallest absolute Gasteiger partial charge is 0.317 e. The average Bonchev–Trinajstić information content (AvgIpc) is 2.85. The summed E-state index contributed by atoms with van der Waals surface area (Å²) in [5, 5.41) is 2.98. The van der Waals surface area contributed by atoms with Crippen LogP contribution in [0.15, 0.2) is 24.3 Å². The number of hydrogen-bond acceptors (Lipinski definition) is 1. The van der Waals surface area contributed by atoms with E-state index in [1.165, 1.54) is 11.1 Å². The molecule has 1 N–H and O–H groups in total. The lowest BCUT2D eigenvalue weighted by molar-refractivity contribution is 0.193. The molecule has 3 nitrogen and oxygen atoms in total. The van der Waals surface area contributed by atoms with Crippen molar-refractivity contribution in [2.24, 2.45) is 0 Å². The van der Waals surface area contributed by atoms with Crippen molar-refractivity contribution in [1.82, 2.24) is 10.2 Å². The summed E-state index contributed by atoms with van der Waals surface area (Å²) in [7, 11) is 0. The van der Waals surface area contributed by atoms with Crippen LogP contribution in [0.25, 0.3) is 0 Å². The van der Waals surface area contributed by atoms with Crippen molar-refractivity contribution >= 4 is 6.03 Å². The van der Waals surface area contributed by atoms with Crippen molar-refractivity contribution < 1.29 is 4.79 Å².